The highest BCUT2D eigenvalue weighted by molar-refractivity contribution is 7.14. The number of rotatable bonds is 2. The van der Waals surface area contributed by atoms with Crippen molar-refractivity contribution in [2.45, 2.75) is 19.9 Å². The smallest absolute Gasteiger partial charge is 0.274 e. The fraction of sp³-hybridized carbons (Fsp3) is 0.267. The molecule has 1 aliphatic heterocycles. The number of hydrogen-bond donors (Lipinski definition) is 1. The molecule has 0 saturated carbocycles. The minimum absolute atomic E-state index is 0.00703. The first-order valence-corrected chi connectivity index (χ1v) is 7.95. The lowest BCUT2D eigenvalue weighted by molar-refractivity contribution is 0.0726. The standard InChI is InChI=1S/C15H15N5OS/c1-10-13(18-15(22-10)19-5-2-3-6-19)14(21)20-7-4-11-12(8-20)17-9-16-11/h2-3,5-6,9H,4,7-8H2,1H3,(H,16,17). The molecule has 4 heterocycles. The first-order chi connectivity index (χ1) is 10.7. The summed E-state index contributed by atoms with van der Waals surface area (Å²) in [6.45, 7) is 3.21. The molecule has 0 fully saturated rings. The lowest BCUT2D eigenvalue weighted by Crippen LogP contribution is -2.36. The Morgan fingerprint density at radius 1 is 1.36 bits per heavy atom. The SMILES string of the molecule is Cc1sc(-n2cccc2)nc1C(=O)N1CCc2nc[nH]c2C1. The highest BCUT2D eigenvalue weighted by Gasteiger charge is 2.26. The van der Waals surface area contributed by atoms with E-state index in [0.29, 0.717) is 18.8 Å². The number of amides is 1. The normalized spacial score (nSPS) is 14.1. The number of fused-ring (bicyclic) bond motifs is 1. The Morgan fingerprint density at radius 2 is 2.18 bits per heavy atom. The Morgan fingerprint density at radius 3 is 3.00 bits per heavy atom. The molecule has 0 bridgehead atoms. The van der Waals surface area contributed by atoms with Crippen LogP contribution in [0.15, 0.2) is 30.9 Å². The van der Waals surface area contributed by atoms with Gasteiger partial charge in [0.05, 0.1) is 24.3 Å². The largest absolute Gasteiger partial charge is 0.347 e. The molecule has 7 heteroatoms. The quantitative estimate of drug-likeness (QED) is 0.788. The summed E-state index contributed by atoms with van der Waals surface area (Å²) in [7, 11) is 0. The van der Waals surface area contributed by atoms with Crippen molar-refractivity contribution >= 4 is 17.2 Å². The summed E-state index contributed by atoms with van der Waals surface area (Å²) in [6, 6.07) is 3.89. The van der Waals surface area contributed by atoms with Gasteiger partial charge in [-0.3, -0.25) is 4.79 Å². The Balaban J connectivity index is 1.61. The zero-order chi connectivity index (χ0) is 15.1. The maximum Gasteiger partial charge on any atom is 0.274 e. The molecule has 1 amide bonds. The van der Waals surface area contributed by atoms with E-state index in [2.05, 4.69) is 15.0 Å². The molecular formula is C15H15N5OS. The van der Waals surface area contributed by atoms with Gasteiger partial charge in [-0.25, -0.2) is 9.97 Å². The van der Waals surface area contributed by atoms with Crippen molar-refractivity contribution in [1.29, 1.82) is 0 Å². The first kappa shape index (κ1) is 13.3. The molecule has 0 radical (unpaired) electrons. The van der Waals surface area contributed by atoms with E-state index in [0.717, 1.165) is 27.8 Å². The Labute approximate surface area is 131 Å². The van der Waals surface area contributed by atoms with Crippen LogP contribution >= 0.6 is 11.3 Å². The Kier molecular flexibility index (Phi) is 3.07. The number of carbonyl (C=O) groups is 1. The summed E-state index contributed by atoms with van der Waals surface area (Å²) < 4.78 is 1.93. The summed E-state index contributed by atoms with van der Waals surface area (Å²) >= 11 is 1.54. The highest BCUT2D eigenvalue weighted by atomic mass is 32.1. The van der Waals surface area contributed by atoms with Gasteiger partial charge in [0.2, 0.25) is 0 Å². The van der Waals surface area contributed by atoms with Crippen molar-refractivity contribution < 1.29 is 4.79 Å². The van der Waals surface area contributed by atoms with E-state index < -0.39 is 0 Å². The molecule has 0 aliphatic carbocycles. The maximum atomic E-state index is 12.8. The van der Waals surface area contributed by atoms with E-state index in [1.165, 1.54) is 11.3 Å². The summed E-state index contributed by atoms with van der Waals surface area (Å²) in [6.07, 6.45) is 6.35. The van der Waals surface area contributed by atoms with Crippen LogP contribution in [-0.2, 0) is 13.0 Å². The molecular weight excluding hydrogens is 298 g/mol. The average Bonchev–Trinajstić information content (AvgIpc) is 3.25. The van der Waals surface area contributed by atoms with E-state index >= 15 is 0 Å². The molecule has 6 nitrogen and oxygen atoms in total. The van der Waals surface area contributed by atoms with Gasteiger partial charge in [-0.1, -0.05) is 0 Å². The third kappa shape index (κ3) is 2.14. The second kappa shape index (κ2) is 5.10. The van der Waals surface area contributed by atoms with Gasteiger partial charge in [0.1, 0.15) is 5.69 Å². The van der Waals surface area contributed by atoms with Crippen molar-refractivity contribution in [2.75, 3.05) is 6.54 Å². The molecule has 0 saturated heterocycles. The number of aromatic nitrogens is 4. The summed E-state index contributed by atoms with van der Waals surface area (Å²) in [5.74, 6) is -0.00703. The topological polar surface area (TPSA) is 66.8 Å². The highest BCUT2D eigenvalue weighted by Crippen LogP contribution is 2.24. The summed E-state index contributed by atoms with van der Waals surface area (Å²) in [5.41, 5.74) is 2.64. The van der Waals surface area contributed by atoms with Gasteiger partial charge < -0.3 is 14.5 Å². The number of imidazole rings is 1. The van der Waals surface area contributed by atoms with Gasteiger partial charge in [0.25, 0.3) is 5.91 Å². The van der Waals surface area contributed by atoms with E-state index in [-0.39, 0.29) is 5.91 Å². The number of aryl methyl sites for hydroxylation is 1. The van der Waals surface area contributed by atoms with Crippen molar-refractivity contribution in [3.8, 4) is 5.13 Å². The summed E-state index contributed by atoms with van der Waals surface area (Å²) in [5, 5.41) is 0.824. The van der Waals surface area contributed by atoms with Gasteiger partial charge in [-0.05, 0) is 19.1 Å². The molecule has 3 aromatic rings. The molecule has 0 aromatic carbocycles. The van der Waals surface area contributed by atoms with Crippen molar-refractivity contribution in [3.05, 3.63) is 52.8 Å². The van der Waals surface area contributed by atoms with Crippen LogP contribution in [0, 0.1) is 6.92 Å². The van der Waals surface area contributed by atoms with Crippen LogP contribution in [0.2, 0.25) is 0 Å². The first-order valence-electron chi connectivity index (χ1n) is 7.13. The van der Waals surface area contributed by atoms with Gasteiger partial charge >= 0.3 is 0 Å². The number of thiazole rings is 1. The van der Waals surface area contributed by atoms with Gasteiger partial charge in [0.15, 0.2) is 5.13 Å². The van der Waals surface area contributed by atoms with Crippen molar-refractivity contribution in [1.82, 2.24) is 24.4 Å². The van der Waals surface area contributed by atoms with Crippen LogP contribution in [-0.4, -0.2) is 36.9 Å². The second-order valence-electron chi connectivity index (χ2n) is 5.30. The third-order valence-corrected chi connectivity index (χ3v) is 4.86. The molecule has 112 valence electrons. The predicted molar refractivity (Wildman–Crippen MR) is 83.2 cm³/mol. The molecule has 0 unspecified atom stereocenters. The monoisotopic (exact) mass is 313 g/mol. The van der Waals surface area contributed by atoms with Crippen LogP contribution in [0.3, 0.4) is 0 Å². The number of hydrogen-bond acceptors (Lipinski definition) is 4. The predicted octanol–water partition coefficient (Wildman–Crippen LogP) is 2.16. The zero-order valence-electron chi connectivity index (χ0n) is 12.1. The molecule has 0 atom stereocenters. The molecule has 0 spiro atoms. The minimum atomic E-state index is -0.00703. The number of nitrogens with zero attached hydrogens (tertiary/aromatic N) is 4. The third-order valence-electron chi connectivity index (χ3n) is 3.88. The van der Waals surface area contributed by atoms with Gasteiger partial charge in [-0.2, -0.15) is 0 Å². The lowest BCUT2D eigenvalue weighted by atomic mass is 10.1. The number of H-pyrrole nitrogens is 1. The van der Waals surface area contributed by atoms with Crippen LogP contribution < -0.4 is 0 Å². The van der Waals surface area contributed by atoms with Crippen LogP contribution in [0.4, 0.5) is 0 Å². The molecule has 4 rings (SSSR count). The molecule has 3 aromatic heterocycles. The van der Waals surface area contributed by atoms with E-state index in [1.54, 1.807) is 6.33 Å². The average molecular weight is 313 g/mol. The van der Waals surface area contributed by atoms with Crippen molar-refractivity contribution in [3.63, 3.8) is 0 Å². The minimum Gasteiger partial charge on any atom is -0.347 e. The molecule has 1 N–H and O–H groups in total. The number of nitrogens with one attached hydrogen (secondary N) is 1. The van der Waals surface area contributed by atoms with E-state index in [4.69, 9.17) is 0 Å². The fourth-order valence-corrected chi connectivity index (χ4v) is 3.56. The van der Waals surface area contributed by atoms with E-state index in [9.17, 15) is 4.79 Å². The van der Waals surface area contributed by atoms with Gasteiger partial charge in [-0.15, -0.1) is 11.3 Å². The molecule has 22 heavy (non-hydrogen) atoms. The Bertz CT molecular complexity index is 817. The van der Waals surface area contributed by atoms with E-state index in [1.807, 2.05) is 40.9 Å². The zero-order valence-corrected chi connectivity index (χ0v) is 12.9. The van der Waals surface area contributed by atoms with Crippen LogP contribution in [0.5, 0.6) is 0 Å². The summed E-state index contributed by atoms with van der Waals surface area (Å²) in [4.78, 5) is 27.5. The van der Waals surface area contributed by atoms with Crippen molar-refractivity contribution in [2.24, 2.45) is 0 Å². The van der Waals surface area contributed by atoms with Crippen LogP contribution in [0.25, 0.3) is 5.13 Å². The van der Waals surface area contributed by atoms with Crippen LogP contribution in [0.1, 0.15) is 26.8 Å². The maximum absolute atomic E-state index is 12.8. The Hall–Kier alpha value is -2.41. The number of carbonyl (C=O) groups excluding carboxylic acids is 1. The fourth-order valence-electron chi connectivity index (χ4n) is 2.69. The molecule has 1 aliphatic rings. The number of aromatic amines is 1. The van der Waals surface area contributed by atoms with Gasteiger partial charge in [0, 0.05) is 30.2 Å². The second-order valence-corrected chi connectivity index (χ2v) is 6.48. The lowest BCUT2D eigenvalue weighted by Gasteiger charge is -2.25.